The first-order valence-electron chi connectivity index (χ1n) is 6.61. The van der Waals surface area contributed by atoms with Crippen LogP contribution in [0.15, 0.2) is 24.5 Å². The van der Waals surface area contributed by atoms with Gasteiger partial charge in [-0.05, 0) is 24.1 Å². The van der Waals surface area contributed by atoms with Crippen molar-refractivity contribution < 1.29 is 9.53 Å². The third kappa shape index (κ3) is 4.01. The lowest BCUT2D eigenvalue weighted by Crippen LogP contribution is -2.44. The fraction of sp³-hybridized carbons (Fsp3) is 0.571. The molecule has 1 fully saturated rings. The van der Waals surface area contributed by atoms with Crippen molar-refractivity contribution in [1.82, 2.24) is 9.88 Å². The quantitative estimate of drug-likeness (QED) is 0.853. The predicted octanol–water partition coefficient (Wildman–Crippen LogP) is 0.794. The smallest absolute Gasteiger partial charge is 0.217 e. The number of nitrogens with zero attached hydrogens (tertiary/aromatic N) is 2. The molecule has 1 aromatic heterocycles. The van der Waals surface area contributed by atoms with E-state index in [4.69, 9.17) is 10.5 Å². The van der Waals surface area contributed by atoms with Crippen LogP contribution >= 0.6 is 0 Å². The maximum absolute atomic E-state index is 11.1. The van der Waals surface area contributed by atoms with Crippen molar-refractivity contribution in [3.63, 3.8) is 0 Å². The Balaban J connectivity index is 1.95. The van der Waals surface area contributed by atoms with Crippen molar-refractivity contribution in [1.29, 1.82) is 0 Å². The molecule has 1 aromatic rings. The SMILES string of the molecule is CO[C@@H]1CCN(Cc2ccncc2)C[C@H]1CC(N)=O. The van der Waals surface area contributed by atoms with Crippen molar-refractivity contribution in [2.75, 3.05) is 20.2 Å². The van der Waals surface area contributed by atoms with E-state index in [1.165, 1.54) is 5.56 Å². The van der Waals surface area contributed by atoms with Gasteiger partial charge in [-0.3, -0.25) is 14.7 Å². The molecule has 1 saturated heterocycles. The van der Waals surface area contributed by atoms with Crippen molar-refractivity contribution in [3.8, 4) is 0 Å². The number of ether oxygens (including phenoxy) is 1. The van der Waals surface area contributed by atoms with Gasteiger partial charge in [0.05, 0.1) is 6.10 Å². The first kappa shape index (κ1) is 14.0. The van der Waals surface area contributed by atoms with Crippen LogP contribution in [0, 0.1) is 5.92 Å². The number of likely N-dealkylation sites (tertiary alicyclic amines) is 1. The van der Waals surface area contributed by atoms with Crippen molar-refractivity contribution in [2.24, 2.45) is 11.7 Å². The van der Waals surface area contributed by atoms with Gasteiger partial charge >= 0.3 is 0 Å². The monoisotopic (exact) mass is 263 g/mol. The van der Waals surface area contributed by atoms with Gasteiger partial charge in [-0.15, -0.1) is 0 Å². The predicted molar refractivity (Wildman–Crippen MR) is 72.2 cm³/mol. The number of aromatic nitrogens is 1. The van der Waals surface area contributed by atoms with Crippen molar-refractivity contribution in [3.05, 3.63) is 30.1 Å². The fourth-order valence-corrected chi connectivity index (χ4v) is 2.74. The molecule has 5 nitrogen and oxygen atoms in total. The topological polar surface area (TPSA) is 68.4 Å². The van der Waals surface area contributed by atoms with E-state index >= 15 is 0 Å². The largest absolute Gasteiger partial charge is 0.381 e. The van der Waals surface area contributed by atoms with Gasteiger partial charge in [-0.1, -0.05) is 0 Å². The lowest BCUT2D eigenvalue weighted by Gasteiger charge is -2.37. The number of primary amides is 1. The summed E-state index contributed by atoms with van der Waals surface area (Å²) in [6.07, 6.45) is 5.09. The zero-order valence-corrected chi connectivity index (χ0v) is 11.3. The standard InChI is InChI=1S/C14H21N3O2/c1-19-13-4-7-17(10-12(13)8-14(15)18)9-11-2-5-16-6-3-11/h2-3,5-6,12-13H,4,7-10H2,1H3,(H2,15,18)/t12-,13-/m1/s1. The molecule has 0 aliphatic carbocycles. The zero-order valence-electron chi connectivity index (χ0n) is 11.3. The molecule has 0 bridgehead atoms. The first-order valence-corrected chi connectivity index (χ1v) is 6.61. The second-order valence-corrected chi connectivity index (χ2v) is 5.08. The molecular formula is C14H21N3O2. The van der Waals surface area contributed by atoms with Crippen LogP contribution in [-0.4, -0.2) is 42.1 Å². The molecular weight excluding hydrogens is 242 g/mol. The summed E-state index contributed by atoms with van der Waals surface area (Å²) in [4.78, 5) is 17.5. The van der Waals surface area contributed by atoms with E-state index in [1.807, 2.05) is 12.1 Å². The Labute approximate surface area is 113 Å². The Morgan fingerprint density at radius 1 is 1.53 bits per heavy atom. The Morgan fingerprint density at radius 3 is 2.89 bits per heavy atom. The van der Waals surface area contributed by atoms with Gasteiger partial charge in [0.2, 0.25) is 5.91 Å². The molecule has 0 aromatic carbocycles. The molecule has 2 atom stereocenters. The summed E-state index contributed by atoms with van der Waals surface area (Å²) < 4.78 is 5.46. The molecule has 0 radical (unpaired) electrons. The lowest BCUT2D eigenvalue weighted by molar-refractivity contribution is -0.121. The fourth-order valence-electron chi connectivity index (χ4n) is 2.74. The van der Waals surface area contributed by atoms with E-state index in [-0.39, 0.29) is 17.9 Å². The van der Waals surface area contributed by atoms with Crippen LogP contribution in [0.2, 0.25) is 0 Å². The minimum absolute atomic E-state index is 0.140. The third-order valence-electron chi connectivity index (χ3n) is 3.67. The molecule has 19 heavy (non-hydrogen) atoms. The average Bonchev–Trinajstić information content (AvgIpc) is 2.39. The summed E-state index contributed by atoms with van der Waals surface area (Å²) in [6, 6.07) is 4.04. The second kappa shape index (κ2) is 6.63. The number of carbonyl (C=O) groups excluding carboxylic acids is 1. The van der Waals surface area contributed by atoms with Crippen LogP contribution in [0.5, 0.6) is 0 Å². The number of hydrogen-bond acceptors (Lipinski definition) is 4. The van der Waals surface area contributed by atoms with Gasteiger partial charge in [0, 0.05) is 51.5 Å². The van der Waals surface area contributed by atoms with Crippen LogP contribution < -0.4 is 5.73 Å². The number of carbonyl (C=O) groups is 1. The maximum atomic E-state index is 11.1. The van der Waals surface area contributed by atoms with Crippen molar-refractivity contribution >= 4 is 5.91 Å². The van der Waals surface area contributed by atoms with E-state index in [2.05, 4.69) is 9.88 Å². The summed E-state index contributed by atoms with van der Waals surface area (Å²) in [5, 5.41) is 0. The van der Waals surface area contributed by atoms with Crippen LogP contribution in [0.25, 0.3) is 0 Å². The molecule has 1 aliphatic heterocycles. The Morgan fingerprint density at radius 2 is 2.26 bits per heavy atom. The maximum Gasteiger partial charge on any atom is 0.217 e. The number of hydrogen-bond donors (Lipinski definition) is 1. The minimum Gasteiger partial charge on any atom is -0.381 e. The summed E-state index contributed by atoms with van der Waals surface area (Å²) in [7, 11) is 1.71. The Bertz CT molecular complexity index is 410. The molecule has 5 heteroatoms. The number of rotatable bonds is 5. The van der Waals surface area contributed by atoms with Gasteiger partial charge in [-0.25, -0.2) is 0 Å². The molecule has 2 N–H and O–H groups in total. The van der Waals surface area contributed by atoms with Gasteiger partial charge in [-0.2, -0.15) is 0 Å². The van der Waals surface area contributed by atoms with E-state index < -0.39 is 0 Å². The summed E-state index contributed by atoms with van der Waals surface area (Å²) in [6.45, 7) is 2.72. The van der Waals surface area contributed by atoms with Crippen LogP contribution in [0.1, 0.15) is 18.4 Å². The third-order valence-corrected chi connectivity index (χ3v) is 3.67. The molecule has 1 aliphatic rings. The zero-order chi connectivity index (χ0) is 13.7. The molecule has 0 spiro atoms. The second-order valence-electron chi connectivity index (χ2n) is 5.08. The van der Waals surface area contributed by atoms with E-state index in [0.717, 1.165) is 26.1 Å². The number of amides is 1. The molecule has 1 amide bonds. The molecule has 104 valence electrons. The highest BCUT2D eigenvalue weighted by Gasteiger charge is 2.30. The Kier molecular flexibility index (Phi) is 4.87. The number of methoxy groups -OCH3 is 1. The van der Waals surface area contributed by atoms with Crippen molar-refractivity contribution in [2.45, 2.75) is 25.5 Å². The highest BCUT2D eigenvalue weighted by Crippen LogP contribution is 2.23. The van der Waals surface area contributed by atoms with Crippen LogP contribution in [0.3, 0.4) is 0 Å². The highest BCUT2D eigenvalue weighted by atomic mass is 16.5. The van der Waals surface area contributed by atoms with E-state index in [1.54, 1.807) is 19.5 Å². The molecule has 0 unspecified atom stereocenters. The van der Waals surface area contributed by atoms with E-state index in [0.29, 0.717) is 6.42 Å². The highest BCUT2D eigenvalue weighted by molar-refractivity contribution is 5.74. The summed E-state index contributed by atoms with van der Waals surface area (Å²) >= 11 is 0. The Hall–Kier alpha value is -1.46. The lowest BCUT2D eigenvalue weighted by atomic mass is 9.91. The molecule has 2 rings (SSSR count). The summed E-state index contributed by atoms with van der Waals surface area (Å²) in [5.41, 5.74) is 6.56. The first-order chi connectivity index (χ1) is 9.19. The molecule has 0 saturated carbocycles. The normalized spacial score (nSPS) is 24.3. The molecule has 2 heterocycles. The van der Waals surface area contributed by atoms with Gasteiger partial charge in [0.15, 0.2) is 0 Å². The van der Waals surface area contributed by atoms with Gasteiger partial charge < -0.3 is 10.5 Å². The minimum atomic E-state index is -0.252. The van der Waals surface area contributed by atoms with Crippen LogP contribution in [-0.2, 0) is 16.1 Å². The average molecular weight is 263 g/mol. The number of pyridine rings is 1. The van der Waals surface area contributed by atoms with Gasteiger partial charge in [0.1, 0.15) is 0 Å². The van der Waals surface area contributed by atoms with Gasteiger partial charge in [0.25, 0.3) is 0 Å². The van der Waals surface area contributed by atoms with E-state index in [9.17, 15) is 4.79 Å². The number of nitrogens with two attached hydrogens (primary N) is 1. The summed E-state index contributed by atoms with van der Waals surface area (Å²) in [5.74, 6) is -0.0594. The van der Waals surface area contributed by atoms with Crippen LogP contribution in [0.4, 0.5) is 0 Å². The number of piperidine rings is 1.